The minimum Gasteiger partial charge on any atom is -0.352 e. The van der Waals surface area contributed by atoms with Crippen molar-refractivity contribution in [1.82, 2.24) is 20.5 Å². The fourth-order valence-corrected chi connectivity index (χ4v) is 3.46. The molecule has 2 aliphatic heterocycles. The van der Waals surface area contributed by atoms with E-state index in [1.807, 2.05) is 13.8 Å². The highest BCUT2D eigenvalue weighted by molar-refractivity contribution is 6.01. The highest BCUT2D eigenvalue weighted by Gasteiger charge is 2.42. The van der Waals surface area contributed by atoms with Crippen LogP contribution in [0.4, 0.5) is 5.82 Å². The van der Waals surface area contributed by atoms with Gasteiger partial charge >= 0.3 is 0 Å². The van der Waals surface area contributed by atoms with Crippen molar-refractivity contribution in [1.29, 1.82) is 0 Å². The van der Waals surface area contributed by atoms with E-state index in [2.05, 4.69) is 20.9 Å². The zero-order chi connectivity index (χ0) is 18.9. The maximum Gasteiger partial charge on any atom is 0.256 e. The summed E-state index contributed by atoms with van der Waals surface area (Å²) in [6.45, 7) is 5.88. The molecule has 0 aliphatic carbocycles. The van der Waals surface area contributed by atoms with Crippen LogP contribution in [0.1, 0.15) is 50.4 Å². The van der Waals surface area contributed by atoms with Crippen LogP contribution in [0.2, 0.25) is 0 Å². The van der Waals surface area contributed by atoms with E-state index in [9.17, 15) is 14.4 Å². The Balaban J connectivity index is 1.76. The number of rotatable bonds is 3. The van der Waals surface area contributed by atoms with Crippen molar-refractivity contribution in [2.24, 2.45) is 0 Å². The van der Waals surface area contributed by atoms with Gasteiger partial charge in [0.2, 0.25) is 11.8 Å². The van der Waals surface area contributed by atoms with Crippen LogP contribution in [0.25, 0.3) is 0 Å². The molecule has 140 valence electrons. The Morgan fingerprint density at radius 2 is 2.04 bits per heavy atom. The van der Waals surface area contributed by atoms with Crippen LogP contribution in [-0.2, 0) is 9.59 Å². The topological polar surface area (TPSA) is 103 Å². The lowest BCUT2D eigenvalue weighted by Crippen LogP contribution is -2.58. The number of amides is 3. The second-order valence-corrected chi connectivity index (χ2v) is 7.24. The molecule has 1 aromatic heterocycles. The summed E-state index contributed by atoms with van der Waals surface area (Å²) in [7, 11) is 0. The van der Waals surface area contributed by atoms with Crippen molar-refractivity contribution in [2.75, 3.05) is 11.9 Å². The van der Waals surface area contributed by atoms with Gasteiger partial charge in [-0.2, -0.15) is 0 Å². The van der Waals surface area contributed by atoms with E-state index in [0.29, 0.717) is 30.8 Å². The van der Waals surface area contributed by atoms with Crippen LogP contribution in [0.15, 0.2) is 18.3 Å². The zero-order valence-corrected chi connectivity index (χ0v) is 15.3. The van der Waals surface area contributed by atoms with E-state index in [0.717, 1.165) is 0 Å². The first-order valence-corrected chi connectivity index (χ1v) is 8.97. The SMILES string of the molecule is CC(C)NC(=O)[C@@H](C)N1CC[C@@]2(CCC1=O)NC(=O)c1cccnc1N2. The Labute approximate surface area is 152 Å². The number of hydrogen-bond donors (Lipinski definition) is 3. The third kappa shape index (κ3) is 3.49. The van der Waals surface area contributed by atoms with Crippen molar-refractivity contribution in [3.05, 3.63) is 23.9 Å². The Kier molecular flexibility index (Phi) is 4.84. The first-order chi connectivity index (χ1) is 12.3. The summed E-state index contributed by atoms with van der Waals surface area (Å²) in [6, 6.07) is 2.89. The van der Waals surface area contributed by atoms with Gasteiger partial charge in [0.25, 0.3) is 5.91 Å². The van der Waals surface area contributed by atoms with Gasteiger partial charge in [0.05, 0.1) is 5.56 Å². The van der Waals surface area contributed by atoms with Crippen LogP contribution in [-0.4, -0.2) is 51.9 Å². The summed E-state index contributed by atoms with van der Waals surface area (Å²) in [6.07, 6.45) is 2.82. The van der Waals surface area contributed by atoms with Crippen LogP contribution < -0.4 is 16.0 Å². The smallest absolute Gasteiger partial charge is 0.256 e. The molecule has 0 radical (unpaired) electrons. The Morgan fingerprint density at radius 3 is 2.77 bits per heavy atom. The second-order valence-electron chi connectivity index (χ2n) is 7.24. The predicted octanol–water partition coefficient (Wildman–Crippen LogP) is 0.859. The minimum absolute atomic E-state index is 0.0141. The van der Waals surface area contributed by atoms with E-state index in [-0.39, 0.29) is 30.2 Å². The summed E-state index contributed by atoms with van der Waals surface area (Å²) >= 11 is 0. The van der Waals surface area contributed by atoms with E-state index < -0.39 is 11.7 Å². The lowest BCUT2D eigenvalue weighted by atomic mass is 9.97. The highest BCUT2D eigenvalue weighted by atomic mass is 16.2. The number of likely N-dealkylation sites (tertiary alicyclic amines) is 1. The zero-order valence-electron chi connectivity index (χ0n) is 15.3. The molecule has 3 heterocycles. The van der Waals surface area contributed by atoms with E-state index >= 15 is 0 Å². The fourth-order valence-electron chi connectivity index (χ4n) is 3.46. The molecule has 3 rings (SSSR count). The molecule has 2 atom stereocenters. The summed E-state index contributed by atoms with van der Waals surface area (Å²) in [5, 5.41) is 9.15. The number of pyridine rings is 1. The molecular formula is C18H25N5O3. The number of nitrogens with one attached hydrogen (secondary N) is 3. The van der Waals surface area contributed by atoms with Crippen molar-refractivity contribution in [2.45, 2.75) is 57.8 Å². The molecule has 3 amide bonds. The quantitative estimate of drug-likeness (QED) is 0.743. The van der Waals surface area contributed by atoms with Crippen LogP contribution in [0, 0.1) is 0 Å². The average Bonchev–Trinajstić information content (AvgIpc) is 2.73. The molecule has 8 heteroatoms. The summed E-state index contributed by atoms with van der Waals surface area (Å²) < 4.78 is 0. The number of carbonyl (C=O) groups excluding carboxylic acids is 3. The highest BCUT2D eigenvalue weighted by Crippen LogP contribution is 2.30. The van der Waals surface area contributed by atoms with Crippen LogP contribution in [0.3, 0.4) is 0 Å². The fraction of sp³-hybridized carbons (Fsp3) is 0.556. The molecule has 1 saturated heterocycles. The largest absolute Gasteiger partial charge is 0.352 e. The summed E-state index contributed by atoms with van der Waals surface area (Å²) in [5.74, 6) is 0.0780. The van der Waals surface area contributed by atoms with E-state index in [4.69, 9.17) is 0 Å². The van der Waals surface area contributed by atoms with Gasteiger partial charge in [-0.1, -0.05) is 0 Å². The molecule has 1 fully saturated rings. The maximum absolute atomic E-state index is 12.6. The molecule has 1 spiro atoms. The molecule has 2 aliphatic rings. The molecule has 0 unspecified atom stereocenters. The molecule has 0 saturated carbocycles. The Morgan fingerprint density at radius 1 is 1.27 bits per heavy atom. The Hall–Kier alpha value is -2.64. The van der Waals surface area contributed by atoms with Gasteiger partial charge < -0.3 is 20.9 Å². The van der Waals surface area contributed by atoms with Gasteiger partial charge in [0.1, 0.15) is 17.5 Å². The monoisotopic (exact) mass is 359 g/mol. The van der Waals surface area contributed by atoms with Gasteiger partial charge in [-0.05, 0) is 39.3 Å². The number of hydrogen-bond acceptors (Lipinski definition) is 5. The van der Waals surface area contributed by atoms with Crippen molar-refractivity contribution in [3.8, 4) is 0 Å². The molecule has 8 nitrogen and oxygen atoms in total. The van der Waals surface area contributed by atoms with Crippen molar-refractivity contribution in [3.63, 3.8) is 0 Å². The molecule has 0 aromatic carbocycles. The van der Waals surface area contributed by atoms with E-state index in [1.54, 1.807) is 30.2 Å². The van der Waals surface area contributed by atoms with Crippen molar-refractivity contribution >= 4 is 23.5 Å². The number of anilines is 1. The molecule has 1 aromatic rings. The normalized spacial score (nSPS) is 23.8. The first-order valence-electron chi connectivity index (χ1n) is 8.97. The van der Waals surface area contributed by atoms with Crippen LogP contribution in [0.5, 0.6) is 0 Å². The molecule has 0 bridgehead atoms. The minimum atomic E-state index is -0.725. The van der Waals surface area contributed by atoms with Gasteiger partial charge in [-0.25, -0.2) is 4.98 Å². The number of nitrogens with zero attached hydrogens (tertiary/aromatic N) is 2. The number of fused-ring (bicyclic) bond motifs is 1. The van der Waals surface area contributed by atoms with Crippen molar-refractivity contribution < 1.29 is 14.4 Å². The molecular weight excluding hydrogens is 334 g/mol. The van der Waals surface area contributed by atoms with Gasteiger partial charge in [0.15, 0.2) is 0 Å². The maximum atomic E-state index is 12.6. The van der Waals surface area contributed by atoms with Gasteiger partial charge in [-0.15, -0.1) is 0 Å². The van der Waals surface area contributed by atoms with E-state index in [1.165, 1.54) is 0 Å². The van der Waals surface area contributed by atoms with Gasteiger partial charge in [-0.3, -0.25) is 14.4 Å². The molecule has 26 heavy (non-hydrogen) atoms. The standard InChI is InChI=1S/C18H25N5O3/c1-11(2)20-16(25)12(3)23-10-8-18(7-6-14(23)24)21-15-13(17(26)22-18)5-4-9-19-15/h4-5,9,11-12H,6-8,10H2,1-3H3,(H,19,21)(H,20,25)(H,22,26)/t12-,18-/m1/s1. The predicted molar refractivity (Wildman–Crippen MR) is 96.4 cm³/mol. The van der Waals surface area contributed by atoms with Crippen LogP contribution >= 0.6 is 0 Å². The third-order valence-corrected chi connectivity index (χ3v) is 4.91. The molecule has 3 N–H and O–H groups in total. The third-order valence-electron chi connectivity index (χ3n) is 4.91. The summed E-state index contributed by atoms with van der Waals surface area (Å²) in [4.78, 5) is 43.2. The lowest BCUT2D eigenvalue weighted by molar-refractivity contribution is -0.139. The number of aromatic nitrogens is 1. The second kappa shape index (κ2) is 6.93. The first kappa shape index (κ1) is 18.2. The Bertz CT molecular complexity index is 735. The van der Waals surface area contributed by atoms with Gasteiger partial charge in [0, 0.05) is 31.6 Å². The number of carbonyl (C=O) groups is 3. The average molecular weight is 359 g/mol. The lowest BCUT2D eigenvalue weighted by Gasteiger charge is -2.39. The summed E-state index contributed by atoms with van der Waals surface area (Å²) in [5.41, 5.74) is -0.230.